The Balaban J connectivity index is 2.02. The number of hydrogen-bond acceptors (Lipinski definition) is 2. The highest BCUT2D eigenvalue weighted by Crippen LogP contribution is 2.41. The van der Waals surface area contributed by atoms with Crippen molar-refractivity contribution in [2.45, 2.75) is 18.9 Å². The monoisotopic (exact) mass is 206 g/mol. The summed E-state index contributed by atoms with van der Waals surface area (Å²) in [5.74, 6) is 0.462. The number of halogens is 1. The van der Waals surface area contributed by atoms with E-state index in [0.717, 1.165) is 37.2 Å². The van der Waals surface area contributed by atoms with Crippen LogP contribution < -0.4 is 10.6 Å². The van der Waals surface area contributed by atoms with Gasteiger partial charge in [-0.05, 0) is 36.9 Å². The average molecular weight is 206 g/mol. The zero-order chi connectivity index (χ0) is 10.4. The molecule has 15 heavy (non-hydrogen) atoms. The first kappa shape index (κ1) is 9.16. The van der Waals surface area contributed by atoms with E-state index in [9.17, 15) is 4.39 Å². The van der Waals surface area contributed by atoms with Crippen molar-refractivity contribution in [1.82, 2.24) is 0 Å². The Labute approximate surface area is 88.9 Å². The predicted octanol–water partition coefficient (Wildman–Crippen LogP) is 1.54. The highest BCUT2D eigenvalue weighted by molar-refractivity contribution is 5.61. The summed E-state index contributed by atoms with van der Waals surface area (Å²) >= 11 is 0. The van der Waals surface area contributed by atoms with Crippen molar-refractivity contribution in [1.29, 1.82) is 0 Å². The molecule has 2 heterocycles. The van der Waals surface area contributed by atoms with Crippen LogP contribution >= 0.6 is 0 Å². The zero-order valence-corrected chi connectivity index (χ0v) is 8.62. The lowest BCUT2D eigenvalue weighted by Crippen LogP contribution is -2.32. The van der Waals surface area contributed by atoms with Gasteiger partial charge in [0.15, 0.2) is 0 Å². The fraction of sp³-hybridized carbons (Fsp3) is 0.500. The quantitative estimate of drug-likeness (QED) is 0.755. The van der Waals surface area contributed by atoms with Gasteiger partial charge in [-0.3, -0.25) is 0 Å². The van der Waals surface area contributed by atoms with Crippen LogP contribution in [-0.2, 0) is 6.42 Å². The van der Waals surface area contributed by atoms with Crippen LogP contribution in [0.15, 0.2) is 18.2 Å². The molecule has 0 radical (unpaired) electrons. The maximum Gasteiger partial charge on any atom is 0.146 e. The van der Waals surface area contributed by atoms with E-state index in [1.165, 1.54) is 0 Å². The first-order valence-electron chi connectivity index (χ1n) is 5.55. The molecule has 1 saturated heterocycles. The highest BCUT2D eigenvalue weighted by Gasteiger charge is 2.40. The molecule has 3 rings (SSSR count). The van der Waals surface area contributed by atoms with Crippen LogP contribution in [0.2, 0.25) is 0 Å². The Hall–Kier alpha value is -1.09. The van der Waals surface area contributed by atoms with Gasteiger partial charge in [0.05, 0.1) is 5.69 Å². The lowest BCUT2D eigenvalue weighted by molar-refractivity contribution is 0.490. The van der Waals surface area contributed by atoms with E-state index in [2.05, 4.69) is 4.90 Å². The van der Waals surface area contributed by atoms with Crippen molar-refractivity contribution in [2.24, 2.45) is 11.7 Å². The lowest BCUT2D eigenvalue weighted by Gasteiger charge is -2.21. The van der Waals surface area contributed by atoms with E-state index in [1.54, 1.807) is 12.1 Å². The standard InChI is InChI=1S/C12H15FN2/c13-10-3-1-2-8-6-11-9(7-14)4-5-15(11)12(8)10/h1-3,9,11H,4-7,14H2. The first-order chi connectivity index (χ1) is 7.31. The number of hydrogen-bond donors (Lipinski definition) is 1. The molecular weight excluding hydrogens is 191 g/mol. The molecule has 2 N–H and O–H groups in total. The third-order valence-corrected chi connectivity index (χ3v) is 3.77. The summed E-state index contributed by atoms with van der Waals surface area (Å²) < 4.78 is 13.7. The molecule has 1 aromatic carbocycles. The molecule has 0 aromatic heterocycles. The fourth-order valence-corrected chi connectivity index (χ4v) is 3.02. The SMILES string of the molecule is NCC1CCN2c3c(F)cccc3CC12. The van der Waals surface area contributed by atoms with Gasteiger partial charge in [-0.15, -0.1) is 0 Å². The number of para-hydroxylation sites is 1. The van der Waals surface area contributed by atoms with Crippen LogP contribution in [-0.4, -0.2) is 19.1 Å². The van der Waals surface area contributed by atoms with Crippen molar-refractivity contribution in [2.75, 3.05) is 18.0 Å². The molecule has 0 amide bonds. The summed E-state index contributed by atoms with van der Waals surface area (Å²) in [7, 11) is 0. The van der Waals surface area contributed by atoms with E-state index in [1.807, 2.05) is 6.07 Å². The van der Waals surface area contributed by atoms with Crippen LogP contribution in [0.3, 0.4) is 0 Å². The number of nitrogens with zero attached hydrogens (tertiary/aromatic N) is 1. The Kier molecular flexibility index (Phi) is 1.96. The van der Waals surface area contributed by atoms with Crippen molar-refractivity contribution >= 4 is 5.69 Å². The van der Waals surface area contributed by atoms with Gasteiger partial charge < -0.3 is 10.6 Å². The van der Waals surface area contributed by atoms with Crippen LogP contribution in [0.5, 0.6) is 0 Å². The van der Waals surface area contributed by atoms with Gasteiger partial charge >= 0.3 is 0 Å². The second kappa shape index (κ2) is 3.20. The molecule has 2 aliphatic rings. The molecule has 1 aromatic rings. The van der Waals surface area contributed by atoms with Gasteiger partial charge in [0, 0.05) is 12.6 Å². The molecule has 0 spiro atoms. The molecule has 2 aliphatic heterocycles. The van der Waals surface area contributed by atoms with Gasteiger partial charge in [0.25, 0.3) is 0 Å². The van der Waals surface area contributed by atoms with E-state index in [-0.39, 0.29) is 5.82 Å². The molecule has 80 valence electrons. The van der Waals surface area contributed by atoms with Crippen molar-refractivity contribution in [3.05, 3.63) is 29.6 Å². The van der Waals surface area contributed by atoms with Gasteiger partial charge in [-0.1, -0.05) is 12.1 Å². The van der Waals surface area contributed by atoms with Gasteiger partial charge in [-0.25, -0.2) is 4.39 Å². The smallest absolute Gasteiger partial charge is 0.146 e. The first-order valence-corrected chi connectivity index (χ1v) is 5.55. The summed E-state index contributed by atoms with van der Waals surface area (Å²) in [6, 6.07) is 5.83. The molecule has 2 atom stereocenters. The summed E-state index contributed by atoms with van der Waals surface area (Å²) in [4.78, 5) is 2.21. The second-order valence-electron chi connectivity index (χ2n) is 4.50. The summed E-state index contributed by atoms with van der Waals surface area (Å²) in [6.45, 7) is 1.68. The van der Waals surface area contributed by atoms with E-state index in [4.69, 9.17) is 5.73 Å². The van der Waals surface area contributed by atoms with E-state index < -0.39 is 0 Å². The molecule has 1 fully saturated rings. The van der Waals surface area contributed by atoms with Gasteiger partial charge in [0.1, 0.15) is 5.82 Å². The molecule has 2 unspecified atom stereocenters. The Morgan fingerprint density at radius 2 is 2.33 bits per heavy atom. The molecule has 0 saturated carbocycles. The number of nitrogens with two attached hydrogens (primary N) is 1. The zero-order valence-electron chi connectivity index (χ0n) is 8.62. The Bertz CT molecular complexity index is 391. The van der Waals surface area contributed by atoms with E-state index >= 15 is 0 Å². The van der Waals surface area contributed by atoms with Crippen LogP contribution in [0.1, 0.15) is 12.0 Å². The second-order valence-corrected chi connectivity index (χ2v) is 4.50. The van der Waals surface area contributed by atoms with Gasteiger partial charge in [0.2, 0.25) is 0 Å². The fourth-order valence-electron chi connectivity index (χ4n) is 3.02. The van der Waals surface area contributed by atoms with Crippen molar-refractivity contribution in [3.8, 4) is 0 Å². The van der Waals surface area contributed by atoms with E-state index in [0.29, 0.717) is 12.0 Å². The van der Waals surface area contributed by atoms with Crippen LogP contribution in [0.25, 0.3) is 0 Å². The number of fused-ring (bicyclic) bond motifs is 3. The summed E-state index contributed by atoms with van der Waals surface area (Å²) in [5.41, 5.74) is 7.73. The number of rotatable bonds is 1. The minimum absolute atomic E-state index is 0.0762. The largest absolute Gasteiger partial charge is 0.365 e. The third-order valence-electron chi connectivity index (χ3n) is 3.77. The minimum atomic E-state index is -0.0762. The normalized spacial score (nSPS) is 28.0. The molecule has 0 aliphatic carbocycles. The minimum Gasteiger partial charge on any atom is -0.365 e. The highest BCUT2D eigenvalue weighted by atomic mass is 19.1. The van der Waals surface area contributed by atoms with Crippen molar-refractivity contribution in [3.63, 3.8) is 0 Å². The summed E-state index contributed by atoms with van der Waals surface area (Å²) in [5, 5.41) is 0. The number of benzene rings is 1. The molecule has 3 heteroatoms. The maximum atomic E-state index is 13.7. The molecular formula is C12H15FN2. The lowest BCUT2D eigenvalue weighted by atomic mass is 9.97. The van der Waals surface area contributed by atoms with Crippen molar-refractivity contribution < 1.29 is 4.39 Å². The third kappa shape index (κ3) is 1.19. The number of anilines is 1. The summed E-state index contributed by atoms with van der Waals surface area (Å²) in [6.07, 6.45) is 2.07. The Morgan fingerprint density at radius 3 is 3.13 bits per heavy atom. The topological polar surface area (TPSA) is 29.3 Å². The van der Waals surface area contributed by atoms with Crippen LogP contribution in [0.4, 0.5) is 10.1 Å². The van der Waals surface area contributed by atoms with Crippen LogP contribution in [0, 0.1) is 11.7 Å². The Morgan fingerprint density at radius 1 is 1.47 bits per heavy atom. The maximum absolute atomic E-state index is 13.7. The molecule has 2 nitrogen and oxygen atoms in total. The predicted molar refractivity (Wildman–Crippen MR) is 58.4 cm³/mol. The molecule has 0 bridgehead atoms. The van der Waals surface area contributed by atoms with Gasteiger partial charge in [-0.2, -0.15) is 0 Å². The average Bonchev–Trinajstić information content (AvgIpc) is 2.75.